The molecule has 3 rings (SSSR count). The van der Waals surface area contributed by atoms with Crippen LogP contribution in [0.3, 0.4) is 0 Å². The van der Waals surface area contributed by atoms with Crippen LogP contribution in [0.5, 0.6) is 0 Å². The number of rotatable bonds is 6. The minimum atomic E-state index is -0.0421. The largest absolute Gasteiger partial charge is 0.338 e. The van der Waals surface area contributed by atoms with Crippen LogP contribution in [-0.4, -0.2) is 59.3 Å². The molecule has 1 N–H and O–H groups in total. The Hall–Kier alpha value is -2.80. The first-order valence-corrected chi connectivity index (χ1v) is 8.77. The Labute approximate surface area is 153 Å². The van der Waals surface area contributed by atoms with Gasteiger partial charge in [0, 0.05) is 62.8 Å². The molecule has 26 heavy (non-hydrogen) atoms. The van der Waals surface area contributed by atoms with Gasteiger partial charge in [-0.15, -0.1) is 0 Å². The van der Waals surface area contributed by atoms with Crippen molar-refractivity contribution in [2.75, 3.05) is 42.9 Å². The van der Waals surface area contributed by atoms with Crippen LogP contribution in [0, 0.1) is 0 Å². The number of nitrogens with zero attached hydrogens (tertiary/aromatic N) is 4. The maximum absolute atomic E-state index is 12.2. The van der Waals surface area contributed by atoms with E-state index in [9.17, 15) is 9.59 Å². The molecule has 0 saturated carbocycles. The zero-order valence-electron chi connectivity index (χ0n) is 14.9. The lowest BCUT2D eigenvalue weighted by atomic mass is 10.1. The Balaban J connectivity index is 1.43. The molecule has 2 heterocycles. The topological polar surface area (TPSA) is 78.4 Å². The smallest absolute Gasteiger partial charge is 0.225 e. The number of carbonyl (C=O) groups is 2. The van der Waals surface area contributed by atoms with Gasteiger partial charge in [-0.2, -0.15) is 0 Å². The van der Waals surface area contributed by atoms with Crippen molar-refractivity contribution in [2.45, 2.75) is 13.3 Å². The summed E-state index contributed by atoms with van der Waals surface area (Å²) in [6, 6.07) is 8.83. The Morgan fingerprint density at radius 2 is 1.81 bits per heavy atom. The van der Waals surface area contributed by atoms with Gasteiger partial charge in [0.25, 0.3) is 0 Å². The van der Waals surface area contributed by atoms with Crippen molar-refractivity contribution < 1.29 is 9.59 Å². The fourth-order valence-corrected chi connectivity index (χ4v) is 2.93. The summed E-state index contributed by atoms with van der Waals surface area (Å²) in [6.45, 7) is 5.69. The normalized spacial score (nSPS) is 14.9. The average molecular weight is 353 g/mol. The zero-order valence-corrected chi connectivity index (χ0v) is 14.9. The molecule has 0 spiro atoms. The minimum absolute atomic E-state index is 0.0126. The minimum Gasteiger partial charge on any atom is -0.338 e. The second kappa shape index (κ2) is 8.53. The van der Waals surface area contributed by atoms with E-state index < -0.39 is 0 Å². The molecular weight excluding hydrogens is 330 g/mol. The van der Waals surface area contributed by atoms with Crippen LogP contribution >= 0.6 is 0 Å². The van der Waals surface area contributed by atoms with Gasteiger partial charge in [-0.1, -0.05) is 12.1 Å². The van der Waals surface area contributed by atoms with Crippen LogP contribution in [0.4, 0.5) is 11.6 Å². The number of benzene rings is 1. The number of ketones is 1. The quantitative estimate of drug-likeness (QED) is 0.798. The molecule has 1 saturated heterocycles. The molecule has 1 aromatic heterocycles. The van der Waals surface area contributed by atoms with E-state index in [2.05, 4.69) is 25.1 Å². The maximum Gasteiger partial charge on any atom is 0.225 e. The van der Waals surface area contributed by atoms with E-state index in [4.69, 9.17) is 0 Å². The number of carbonyl (C=O) groups excluding carboxylic acids is 2. The van der Waals surface area contributed by atoms with Gasteiger partial charge in [-0.05, 0) is 25.1 Å². The van der Waals surface area contributed by atoms with Crippen LogP contribution in [0.25, 0.3) is 0 Å². The zero-order chi connectivity index (χ0) is 18.4. The van der Waals surface area contributed by atoms with Gasteiger partial charge in [-0.25, -0.2) is 9.97 Å². The van der Waals surface area contributed by atoms with E-state index in [0.29, 0.717) is 24.2 Å². The fourth-order valence-electron chi connectivity index (χ4n) is 2.93. The van der Waals surface area contributed by atoms with Crippen molar-refractivity contribution in [1.82, 2.24) is 14.9 Å². The van der Waals surface area contributed by atoms with E-state index in [0.717, 1.165) is 32.1 Å². The van der Waals surface area contributed by atoms with Crippen molar-refractivity contribution in [3.63, 3.8) is 0 Å². The Morgan fingerprint density at radius 1 is 1.08 bits per heavy atom. The third kappa shape index (κ3) is 4.86. The molecule has 1 aromatic carbocycles. The monoisotopic (exact) mass is 353 g/mol. The summed E-state index contributed by atoms with van der Waals surface area (Å²) in [4.78, 5) is 36.6. The summed E-state index contributed by atoms with van der Waals surface area (Å²) < 4.78 is 0. The van der Waals surface area contributed by atoms with Gasteiger partial charge in [0.05, 0.1) is 0 Å². The molecule has 0 aliphatic carbocycles. The molecule has 7 nitrogen and oxygen atoms in total. The molecular formula is C19H23N5O2. The van der Waals surface area contributed by atoms with Crippen LogP contribution in [0.1, 0.15) is 23.7 Å². The highest BCUT2D eigenvalue weighted by atomic mass is 16.1. The number of aromatic nitrogens is 2. The highest BCUT2D eigenvalue weighted by Gasteiger charge is 2.19. The average Bonchev–Trinajstić information content (AvgIpc) is 2.68. The van der Waals surface area contributed by atoms with E-state index in [1.165, 1.54) is 6.92 Å². The predicted molar refractivity (Wildman–Crippen MR) is 100 cm³/mol. The van der Waals surface area contributed by atoms with Gasteiger partial charge < -0.3 is 10.2 Å². The number of hydrogen-bond acceptors (Lipinski definition) is 6. The summed E-state index contributed by atoms with van der Waals surface area (Å²) in [5.74, 6) is 0.705. The fraction of sp³-hybridized carbons (Fsp3) is 0.368. The van der Waals surface area contributed by atoms with Crippen LogP contribution in [0.2, 0.25) is 0 Å². The van der Waals surface area contributed by atoms with Crippen molar-refractivity contribution in [3.8, 4) is 0 Å². The van der Waals surface area contributed by atoms with Gasteiger partial charge >= 0.3 is 0 Å². The Morgan fingerprint density at radius 3 is 2.50 bits per heavy atom. The van der Waals surface area contributed by atoms with Crippen molar-refractivity contribution >= 4 is 23.3 Å². The van der Waals surface area contributed by atoms with Crippen molar-refractivity contribution in [3.05, 3.63) is 48.3 Å². The van der Waals surface area contributed by atoms with E-state index in [1.807, 2.05) is 6.07 Å². The number of hydrogen-bond donors (Lipinski definition) is 1. The van der Waals surface area contributed by atoms with Crippen molar-refractivity contribution in [1.29, 1.82) is 0 Å². The van der Waals surface area contributed by atoms with Gasteiger partial charge in [0.1, 0.15) is 0 Å². The van der Waals surface area contributed by atoms with Crippen LogP contribution in [-0.2, 0) is 4.79 Å². The maximum atomic E-state index is 12.2. The predicted octanol–water partition coefficient (Wildman–Crippen LogP) is 1.83. The molecule has 1 fully saturated rings. The lowest BCUT2D eigenvalue weighted by Crippen LogP contribution is -2.47. The summed E-state index contributed by atoms with van der Waals surface area (Å²) >= 11 is 0. The molecule has 1 aliphatic rings. The lowest BCUT2D eigenvalue weighted by molar-refractivity contribution is -0.116. The second-order valence-electron chi connectivity index (χ2n) is 6.31. The summed E-state index contributed by atoms with van der Waals surface area (Å²) in [5.41, 5.74) is 1.26. The number of piperazine rings is 1. The SMILES string of the molecule is CC(=O)c1cccc(NC(=O)CCN2CCN(c3ncccn3)CC2)c1. The summed E-state index contributed by atoms with van der Waals surface area (Å²) in [6.07, 6.45) is 3.92. The highest BCUT2D eigenvalue weighted by molar-refractivity contribution is 5.97. The molecule has 0 radical (unpaired) electrons. The first-order valence-electron chi connectivity index (χ1n) is 8.77. The number of anilines is 2. The Kier molecular flexibility index (Phi) is 5.91. The van der Waals surface area contributed by atoms with Gasteiger partial charge in [0.2, 0.25) is 11.9 Å². The number of nitrogens with one attached hydrogen (secondary N) is 1. The molecule has 0 unspecified atom stereocenters. The van der Waals surface area contributed by atoms with Gasteiger partial charge in [-0.3, -0.25) is 14.5 Å². The second-order valence-corrected chi connectivity index (χ2v) is 6.31. The molecule has 2 aromatic rings. The van der Waals surface area contributed by atoms with E-state index >= 15 is 0 Å². The third-order valence-corrected chi connectivity index (χ3v) is 4.42. The van der Waals surface area contributed by atoms with Crippen molar-refractivity contribution in [2.24, 2.45) is 0 Å². The summed E-state index contributed by atoms with van der Waals surface area (Å²) in [7, 11) is 0. The first-order chi connectivity index (χ1) is 12.6. The lowest BCUT2D eigenvalue weighted by Gasteiger charge is -2.34. The molecule has 0 bridgehead atoms. The van der Waals surface area contributed by atoms with E-state index in [-0.39, 0.29) is 11.7 Å². The summed E-state index contributed by atoms with van der Waals surface area (Å²) in [5, 5.41) is 2.86. The molecule has 1 amide bonds. The van der Waals surface area contributed by atoms with Gasteiger partial charge in [0.15, 0.2) is 5.78 Å². The molecule has 1 aliphatic heterocycles. The number of Topliss-reactive ketones (excluding diaryl/α,β-unsaturated/α-hetero) is 1. The Bertz CT molecular complexity index is 758. The first kappa shape index (κ1) is 18.0. The van der Waals surface area contributed by atoms with Crippen LogP contribution < -0.4 is 10.2 Å². The van der Waals surface area contributed by atoms with E-state index in [1.54, 1.807) is 36.7 Å². The third-order valence-electron chi connectivity index (χ3n) is 4.42. The molecule has 7 heteroatoms. The molecule has 136 valence electrons. The standard InChI is InChI=1S/C19H23N5O2/c1-15(25)16-4-2-5-17(14-16)22-18(26)6-9-23-10-12-24(13-11-23)19-20-7-3-8-21-19/h2-5,7-8,14H,6,9-13H2,1H3,(H,22,26). The highest BCUT2D eigenvalue weighted by Crippen LogP contribution is 2.13. The number of amides is 1. The van der Waals surface area contributed by atoms with Crippen LogP contribution in [0.15, 0.2) is 42.7 Å². The molecule has 0 atom stereocenters.